The highest BCUT2D eigenvalue weighted by Gasteiger charge is 2.12. The molecule has 21 heavy (non-hydrogen) atoms. The van der Waals surface area contributed by atoms with E-state index in [0.717, 1.165) is 21.7 Å². The van der Waals surface area contributed by atoms with Gasteiger partial charge in [0, 0.05) is 27.8 Å². The molecule has 0 amide bonds. The van der Waals surface area contributed by atoms with Gasteiger partial charge in [0.25, 0.3) is 0 Å². The minimum Gasteiger partial charge on any atom is -0.377 e. The van der Waals surface area contributed by atoms with Crippen molar-refractivity contribution in [2.75, 3.05) is 11.9 Å². The summed E-state index contributed by atoms with van der Waals surface area (Å²) in [6, 6.07) is 16.9. The van der Waals surface area contributed by atoms with Gasteiger partial charge in [0.2, 0.25) is 0 Å². The maximum atomic E-state index is 5.98. The Kier molecular flexibility index (Phi) is 6.09. The standard InChI is InChI=1S/C17H20BrClN2/c1-12(2)20-11-17(13-3-7-15(19)8-4-13)21-16-9-5-14(18)6-10-16/h3-10,12,17,20-21H,11H2,1-2H3. The summed E-state index contributed by atoms with van der Waals surface area (Å²) in [6.45, 7) is 5.16. The third-order valence-electron chi connectivity index (χ3n) is 3.19. The van der Waals surface area contributed by atoms with Crippen molar-refractivity contribution in [3.8, 4) is 0 Å². The third-order valence-corrected chi connectivity index (χ3v) is 3.97. The van der Waals surface area contributed by atoms with Crippen LogP contribution in [0.3, 0.4) is 0 Å². The number of rotatable bonds is 6. The molecular weight excluding hydrogens is 348 g/mol. The topological polar surface area (TPSA) is 24.1 Å². The van der Waals surface area contributed by atoms with E-state index in [1.54, 1.807) is 0 Å². The van der Waals surface area contributed by atoms with Gasteiger partial charge in [-0.05, 0) is 42.0 Å². The second kappa shape index (κ2) is 7.83. The number of anilines is 1. The van der Waals surface area contributed by atoms with Crippen LogP contribution in [0.5, 0.6) is 0 Å². The van der Waals surface area contributed by atoms with Crippen LogP contribution < -0.4 is 10.6 Å². The van der Waals surface area contributed by atoms with Gasteiger partial charge in [-0.3, -0.25) is 0 Å². The number of hydrogen-bond donors (Lipinski definition) is 2. The molecule has 0 radical (unpaired) electrons. The largest absolute Gasteiger partial charge is 0.377 e. The van der Waals surface area contributed by atoms with Gasteiger partial charge in [-0.2, -0.15) is 0 Å². The molecule has 2 rings (SSSR count). The van der Waals surface area contributed by atoms with Gasteiger partial charge in [-0.15, -0.1) is 0 Å². The third kappa shape index (κ3) is 5.34. The van der Waals surface area contributed by atoms with Crippen LogP contribution in [0.15, 0.2) is 53.0 Å². The van der Waals surface area contributed by atoms with Crippen molar-refractivity contribution in [3.05, 3.63) is 63.6 Å². The zero-order chi connectivity index (χ0) is 15.2. The summed E-state index contributed by atoms with van der Waals surface area (Å²) in [5, 5.41) is 7.82. The van der Waals surface area contributed by atoms with Gasteiger partial charge in [0.15, 0.2) is 0 Å². The molecule has 2 N–H and O–H groups in total. The Hall–Kier alpha value is -1.03. The minimum absolute atomic E-state index is 0.200. The van der Waals surface area contributed by atoms with Crippen LogP contribution in [0.2, 0.25) is 5.02 Å². The van der Waals surface area contributed by atoms with Crippen molar-refractivity contribution in [3.63, 3.8) is 0 Å². The van der Waals surface area contributed by atoms with Crippen molar-refractivity contribution >= 4 is 33.2 Å². The summed E-state index contributed by atoms with van der Waals surface area (Å²) in [4.78, 5) is 0. The van der Waals surface area contributed by atoms with E-state index in [1.807, 2.05) is 24.3 Å². The van der Waals surface area contributed by atoms with Crippen LogP contribution in [0.25, 0.3) is 0 Å². The van der Waals surface area contributed by atoms with E-state index >= 15 is 0 Å². The molecule has 2 aromatic rings. The number of hydrogen-bond acceptors (Lipinski definition) is 2. The zero-order valence-corrected chi connectivity index (χ0v) is 14.6. The molecule has 0 saturated carbocycles. The van der Waals surface area contributed by atoms with E-state index < -0.39 is 0 Å². The van der Waals surface area contributed by atoms with Crippen LogP contribution >= 0.6 is 27.5 Å². The van der Waals surface area contributed by atoms with Gasteiger partial charge in [-0.1, -0.05) is 53.5 Å². The molecule has 2 nitrogen and oxygen atoms in total. The van der Waals surface area contributed by atoms with E-state index in [9.17, 15) is 0 Å². The molecule has 0 fully saturated rings. The molecule has 0 aromatic heterocycles. The van der Waals surface area contributed by atoms with E-state index in [2.05, 4.69) is 64.7 Å². The highest BCUT2D eigenvalue weighted by molar-refractivity contribution is 9.10. The first kappa shape index (κ1) is 16.3. The normalized spacial score (nSPS) is 12.4. The second-order valence-corrected chi connectivity index (χ2v) is 6.67. The van der Waals surface area contributed by atoms with Crippen LogP contribution in [0.4, 0.5) is 5.69 Å². The Bertz CT molecular complexity index is 552. The molecule has 0 heterocycles. The number of halogens is 2. The summed E-state index contributed by atoms with van der Waals surface area (Å²) >= 11 is 9.44. The molecule has 1 unspecified atom stereocenters. The maximum absolute atomic E-state index is 5.98. The van der Waals surface area contributed by atoms with Crippen molar-refractivity contribution in [1.82, 2.24) is 5.32 Å². The summed E-state index contributed by atoms with van der Waals surface area (Å²) in [5.41, 5.74) is 2.32. The molecule has 0 spiro atoms. The quantitative estimate of drug-likeness (QED) is 0.728. The maximum Gasteiger partial charge on any atom is 0.0638 e. The van der Waals surface area contributed by atoms with Crippen molar-refractivity contribution in [1.29, 1.82) is 0 Å². The minimum atomic E-state index is 0.200. The van der Waals surface area contributed by atoms with E-state index in [0.29, 0.717) is 6.04 Å². The Balaban J connectivity index is 2.14. The fourth-order valence-electron chi connectivity index (χ4n) is 2.05. The first-order valence-electron chi connectivity index (χ1n) is 7.05. The van der Waals surface area contributed by atoms with Gasteiger partial charge in [-0.25, -0.2) is 0 Å². The van der Waals surface area contributed by atoms with Gasteiger partial charge < -0.3 is 10.6 Å². The van der Waals surface area contributed by atoms with E-state index in [1.165, 1.54) is 5.56 Å². The summed E-state index contributed by atoms with van der Waals surface area (Å²) in [7, 11) is 0. The fourth-order valence-corrected chi connectivity index (χ4v) is 2.44. The average molecular weight is 368 g/mol. The molecule has 2 aromatic carbocycles. The molecule has 0 aliphatic rings. The Morgan fingerprint density at radius 2 is 1.62 bits per heavy atom. The van der Waals surface area contributed by atoms with Crippen molar-refractivity contribution in [2.45, 2.75) is 25.9 Å². The van der Waals surface area contributed by atoms with Crippen molar-refractivity contribution in [2.24, 2.45) is 0 Å². The molecule has 1 atom stereocenters. The average Bonchev–Trinajstić information content (AvgIpc) is 2.46. The van der Waals surface area contributed by atoms with Crippen molar-refractivity contribution < 1.29 is 0 Å². The lowest BCUT2D eigenvalue weighted by Crippen LogP contribution is -2.31. The Labute approximate surface area is 140 Å². The molecule has 0 bridgehead atoms. The summed E-state index contributed by atoms with van der Waals surface area (Å²) in [5.74, 6) is 0. The highest BCUT2D eigenvalue weighted by atomic mass is 79.9. The van der Waals surface area contributed by atoms with E-state index in [-0.39, 0.29) is 6.04 Å². The Morgan fingerprint density at radius 3 is 2.19 bits per heavy atom. The van der Waals surface area contributed by atoms with Gasteiger partial charge >= 0.3 is 0 Å². The lowest BCUT2D eigenvalue weighted by atomic mass is 10.1. The van der Waals surface area contributed by atoms with Gasteiger partial charge in [0.05, 0.1) is 6.04 Å². The number of nitrogens with one attached hydrogen (secondary N) is 2. The number of benzene rings is 2. The van der Waals surface area contributed by atoms with Crippen LogP contribution in [-0.4, -0.2) is 12.6 Å². The summed E-state index contributed by atoms with van der Waals surface area (Å²) in [6.07, 6.45) is 0. The van der Waals surface area contributed by atoms with Crippen LogP contribution in [0.1, 0.15) is 25.5 Å². The predicted molar refractivity (Wildman–Crippen MR) is 95.1 cm³/mol. The molecule has 0 aliphatic heterocycles. The SMILES string of the molecule is CC(C)NCC(Nc1ccc(Br)cc1)c1ccc(Cl)cc1. The fraction of sp³-hybridized carbons (Fsp3) is 0.294. The summed E-state index contributed by atoms with van der Waals surface area (Å²) < 4.78 is 1.08. The second-order valence-electron chi connectivity index (χ2n) is 5.32. The first-order chi connectivity index (χ1) is 10.0. The lowest BCUT2D eigenvalue weighted by molar-refractivity contribution is 0.553. The lowest BCUT2D eigenvalue weighted by Gasteiger charge is -2.22. The van der Waals surface area contributed by atoms with Gasteiger partial charge in [0.1, 0.15) is 0 Å². The van der Waals surface area contributed by atoms with E-state index in [4.69, 9.17) is 11.6 Å². The smallest absolute Gasteiger partial charge is 0.0638 e. The zero-order valence-electron chi connectivity index (χ0n) is 12.2. The molecule has 4 heteroatoms. The molecule has 0 saturated heterocycles. The predicted octanol–water partition coefficient (Wildman–Crippen LogP) is 5.25. The molecular formula is C17H20BrClN2. The molecule has 0 aliphatic carbocycles. The first-order valence-corrected chi connectivity index (χ1v) is 8.22. The monoisotopic (exact) mass is 366 g/mol. The molecule has 112 valence electrons. The van der Waals surface area contributed by atoms with Crippen LogP contribution in [0, 0.1) is 0 Å². The van der Waals surface area contributed by atoms with Crippen LogP contribution in [-0.2, 0) is 0 Å². The Morgan fingerprint density at radius 1 is 1.00 bits per heavy atom. The highest BCUT2D eigenvalue weighted by Crippen LogP contribution is 2.22.